The van der Waals surface area contributed by atoms with Crippen LogP contribution in [0.3, 0.4) is 0 Å². The quantitative estimate of drug-likeness (QED) is 0.515. The van der Waals surface area contributed by atoms with E-state index in [1.54, 1.807) is 29.2 Å². The van der Waals surface area contributed by atoms with E-state index in [-0.39, 0.29) is 30.2 Å². The second-order valence-corrected chi connectivity index (χ2v) is 8.73. The highest BCUT2D eigenvalue weighted by molar-refractivity contribution is 6.30. The minimum atomic E-state index is -1.37. The molecule has 1 aliphatic carbocycles. The predicted octanol–water partition coefficient (Wildman–Crippen LogP) is 3.23. The van der Waals surface area contributed by atoms with Crippen molar-refractivity contribution in [3.8, 4) is 0 Å². The van der Waals surface area contributed by atoms with Crippen LogP contribution in [0.4, 0.5) is 20.6 Å². The molecule has 8 nitrogen and oxygen atoms in total. The minimum Gasteiger partial charge on any atom is -0.396 e. The molecule has 0 aromatic heterocycles. The molecule has 2 unspecified atom stereocenters. The lowest BCUT2D eigenvalue weighted by molar-refractivity contribution is -0.119. The van der Waals surface area contributed by atoms with Crippen molar-refractivity contribution >= 4 is 40.8 Å². The predicted molar refractivity (Wildman–Crippen MR) is 122 cm³/mol. The molecule has 2 aliphatic rings. The number of benzene rings is 2. The number of rotatable bonds is 6. The van der Waals surface area contributed by atoms with Crippen LogP contribution in [0.25, 0.3) is 0 Å². The van der Waals surface area contributed by atoms with Gasteiger partial charge in [0, 0.05) is 41.9 Å². The summed E-state index contributed by atoms with van der Waals surface area (Å²) in [6, 6.07) is 9.66. The Labute approximate surface area is 195 Å². The van der Waals surface area contributed by atoms with E-state index in [0.29, 0.717) is 23.8 Å². The normalized spacial score (nSPS) is 21.4. The Morgan fingerprint density at radius 2 is 1.79 bits per heavy atom. The number of urea groups is 1. The van der Waals surface area contributed by atoms with Crippen molar-refractivity contribution in [1.29, 1.82) is 0 Å². The number of amides is 4. The van der Waals surface area contributed by atoms with E-state index in [2.05, 4.69) is 16.0 Å². The summed E-state index contributed by atoms with van der Waals surface area (Å²) in [7, 11) is 0. The van der Waals surface area contributed by atoms with E-state index in [0.717, 1.165) is 18.9 Å². The molecule has 33 heavy (non-hydrogen) atoms. The lowest BCUT2D eigenvalue weighted by Gasteiger charge is -2.20. The van der Waals surface area contributed by atoms with E-state index in [1.165, 1.54) is 12.1 Å². The van der Waals surface area contributed by atoms with Gasteiger partial charge < -0.3 is 26.0 Å². The van der Waals surface area contributed by atoms with Crippen LogP contribution in [0.1, 0.15) is 29.6 Å². The van der Waals surface area contributed by atoms with Gasteiger partial charge in [-0.2, -0.15) is 0 Å². The van der Waals surface area contributed by atoms with Crippen LogP contribution in [0.15, 0.2) is 42.5 Å². The maximum atomic E-state index is 14.7. The van der Waals surface area contributed by atoms with Gasteiger partial charge in [0.2, 0.25) is 0 Å². The number of nitrogens with zero attached hydrogens (tertiary/aromatic N) is 1. The maximum Gasteiger partial charge on any atom is 0.320 e. The molecule has 4 N–H and O–H groups in total. The molecule has 1 saturated carbocycles. The lowest BCUT2D eigenvalue weighted by atomic mass is 10.1. The number of halogens is 2. The smallest absolute Gasteiger partial charge is 0.320 e. The second kappa shape index (κ2) is 9.36. The molecule has 2 aromatic carbocycles. The molecule has 174 valence electrons. The number of aliphatic hydroxyl groups is 1. The lowest BCUT2D eigenvalue weighted by Crippen LogP contribution is -2.49. The number of aliphatic hydroxyl groups excluding tert-OH is 1. The summed E-state index contributed by atoms with van der Waals surface area (Å²) < 4.78 is 14.7. The number of carbonyl (C=O) groups excluding carboxylic acids is 3. The molecule has 2 atom stereocenters. The van der Waals surface area contributed by atoms with Gasteiger partial charge in [0.1, 0.15) is 11.4 Å². The number of anilines is 2. The van der Waals surface area contributed by atoms with Crippen molar-refractivity contribution in [2.45, 2.75) is 24.8 Å². The Balaban J connectivity index is 1.43. The summed E-state index contributed by atoms with van der Waals surface area (Å²) in [6.07, 6.45) is 2.06. The van der Waals surface area contributed by atoms with Crippen molar-refractivity contribution in [1.82, 2.24) is 10.2 Å². The molecule has 4 rings (SSSR count). The number of hydrogen-bond acceptors (Lipinski definition) is 4. The summed E-state index contributed by atoms with van der Waals surface area (Å²) >= 11 is 5.83. The van der Waals surface area contributed by atoms with Gasteiger partial charge in [-0.25, -0.2) is 9.18 Å². The average Bonchev–Trinajstić information content (AvgIpc) is 3.23. The SMILES string of the molecule is O=C(Nc1ccc(Cl)cc1)NC1(C(=O)Nc2ccc(C(=O)N3CCCC3)cc2F)CC1CO. The van der Waals surface area contributed by atoms with Gasteiger partial charge in [-0.15, -0.1) is 0 Å². The highest BCUT2D eigenvalue weighted by Gasteiger charge is 2.61. The molecule has 2 fully saturated rings. The van der Waals surface area contributed by atoms with Crippen LogP contribution in [-0.2, 0) is 4.79 Å². The van der Waals surface area contributed by atoms with Gasteiger partial charge in [0.05, 0.1) is 5.69 Å². The first-order valence-electron chi connectivity index (χ1n) is 10.7. The Bertz CT molecular complexity index is 1070. The van der Waals surface area contributed by atoms with Crippen LogP contribution in [0, 0.1) is 11.7 Å². The fraction of sp³-hybridized carbons (Fsp3) is 0.348. The van der Waals surface area contributed by atoms with Crippen molar-refractivity contribution in [2.75, 3.05) is 30.3 Å². The molecule has 10 heteroatoms. The first kappa shape index (κ1) is 23.0. The third-order valence-corrected chi connectivity index (χ3v) is 6.28. The van der Waals surface area contributed by atoms with Crippen LogP contribution in [0.5, 0.6) is 0 Å². The Morgan fingerprint density at radius 3 is 2.39 bits per heavy atom. The van der Waals surface area contributed by atoms with Gasteiger partial charge in [0.15, 0.2) is 0 Å². The molecule has 0 bridgehead atoms. The fourth-order valence-corrected chi connectivity index (χ4v) is 4.15. The molecular weight excluding hydrogens is 451 g/mol. The van der Waals surface area contributed by atoms with Crippen molar-refractivity contribution in [2.24, 2.45) is 5.92 Å². The Hall–Kier alpha value is -3.17. The Morgan fingerprint density at radius 1 is 1.09 bits per heavy atom. The third kappa shape index (κ3) is 4.94. The first-order valence-corrected chi connectivity index (χ1v) is 11.1. The molecule has 0 spiro atoms. The monoisotopic (exact) mass is 474 g/mol. The molecule has 1 heterocycles. The van der Waals surface area contributed by atoms with E-state index in [4.69, 9.17) is 11.6 Å². The van der Waals surface area contributed by atoms with Gasteiger partial charge in [0.25, 0.3) is 11.8 Å². The highest BCUT2D eigenvalue weighted by atomic mass is 35.5. The summed E-state index contributed by atoms with van der Waals surface area (Å²) in [5, 5.41) is 17.8. The summed E-state index contributed by atoms with van der Waals surface area (Å²) in [5.74, 6) is -2.16. The summed E-state index contributed by atoms with van der Waals surface area (Å²) in [5.41, 5.74) is -0.803. The van der Waals surface area contributed by atoms with Crippen molar-refractivity contribution in [3.05, 3.63) is 58.9 Å². The van der Waals surface area contributed by atoms with E-state index in [1.807, 2.05) is 0 Å². The molecule has 2 aromatic rings. The van der Waals surface area contributed by atoms with Gasteiger partial charge in [-0.3, -0.25) is 9.59 Å². The standard InChI is InChI=1S/C23H24ClFN4O4/c24-16-4-6-17(7-5-16)26-22(33)28-23(12-15(23)13-30)21(32)27-19-8-3-14(11-18(19)25)20(31)29-9-1-2-10-29/h3-8,11,15,30H,1-2,9-10,12-13H2,(H,27,32)(H2,26,28,33). The number of nitrogens with one attached hydrogen (secondary N) is 3. The van der Waals surface area contributed by atoms with E-state index in [9.17, 15) is 23.9 Å². The van der Waals surface area contributed by atoms with E-state index >= 15 is 0 Å². The zero-order valence-electron chi connectivity index (χ0n) is 17.7. The van der Waals surface area contributed by atoms with Crippen molar-refractivity contribution in [3.63, 3.8) is 0 Å². The zero-order valence-corrected chi connectivity index (χ0v) is 18.5. The van der Waals surface area contributed by atoms with Gasteiger partial charge in [-0.05, 0) is 61.7 Å². The third-order valence-electron chi connectivity index (χ3n) is 6.03. The fourth-order valence-electron chi connectivity index (χ4n) is 4.02. The Kier molecular flexibility index (Phi) is 6.53. The molecule has 4 amide bonds. The van der Waals surface area contributed by atoms with Crippen molar-refractivity contribution < 1.29 is 23.9 Å². The van der Waals surface area contributed by atoms with Gasteiger partial charge in [-0.1, -0.05) is 11.6 Å². The maximum absolute atomic E-state index is 14.7. The molecular formula is C23H24ClFN4O4. The molecule has 1 aliphatic heterocycles. The largest absolute Gasteiger partial charge is 0.396 e. The minimum absolute atomic E-state index is 0.110. The van der Waals surface area contributed by atoms with Crippen LogP contribution in [0.2, 0.25) is 5.02 Å². The zero-order chi connectivity index (χ0) is 23.6. The summed E-state index contributed by atoms with van der Waals surface area (Å²) in [6.45, 7) is 0.974. The van der Waals surface area contributed by atoms with Crippen LogP contribution < -0.4 is 16.0 Å². The number of hydrogen-bond donors (Lipinski definition) is 4. The van der Waals surface area contributed by atoms with E-state index < -0.39 is 29.2 Å². The second-order valence-electron chi connectivity index (χ2n) is 8.29. The number of likely N-dealkylation sites (tertiary alicyclic amines) is 1. The van der Waals surface area contributed by atoms with Gasteiger partial charge >= 0.3 is 6.03 Å². The number of carbonyl (C=O) groups is 3. The first-order chi connectivity index (χ1) is 15.8. The van der Waals surface area contributed by atoms with Crippen LogP contribution >= 0.6 is 11.6 Å². The molecule has 0 radical (unpaired) electrons. The summed E-state index contributed by atoms with van der Waals surface area (Å²) in [4.78, 5) is 39.5. The molecule has 1 saturated heterocycles. The topological polar surface area (TPSA) is 111 Å². The highest BCUT2D eigenvalue weighted by Crippen LogP contribution is 2.44. The van der Waals surface area contributed by atoms with Crippen LogP contribution in [-0.4, -0.2) is 53.1 Å². The average molecular weight is 475 g/mol.